The third kappa shape index (κ3) is 2.44. The molecule has 20 heavy (non-hydrogen) atoms. The van der Waals surface area contributed by atoms with Crippen molar-refractivity contribution in [1.82, 2.24) is 14.7 Å². The highest BCUT2D eigenvalue weighted by atomic mass is 16.4. The lowest BCUT2D eigenvalue weighted by Gasteiger charge is -2.01. The molecule has 1 N–H and O–H groups in total. The van der Waals surface area contributed by atoms with Crippen molar-refractivity contribution in [2.45, 2.75) is 6.54 Å². The lowest BCUT2D eigenvalue weighted by Crippen LogP contribution is -2.23. The zero-order valence-electron chi connectivity index (χ0n) is 10.4. The smallest absolute Gasteiger partial charge is 0.335 e. The number of hydrogen-bond donors (Lipinski definition) is 1. The van der Waals surface area contributed by atoms with Crippen LogP contribution in [0.2, 0.25) is 0 Å². The number of nitrogens with one attached hydrogen (secondary N) is 1. The molecule has 0 bridgehead atoms. The van der Waals surface area contributed by atoms with Crippen molar-refractivity contribution in [1.29, 1.82) is 0 Å². The van der Waals surface area contributed by atoms with Crippen LogP contribution in [0.1, 0.15) is 16.1 Å². The zero-order chi connectivity index (χ0) is 13.9. The van der Waals surface area contributed by atoms with Crippen LogP contribution in [0, 0.1) is 0 Å². The molecule has 3 heterocycles. The molecule has 6 heteroatoms. The molecule has 0 aliphatic heterocycles. The van der Waals surface area contributed by atoms with Crippen LogP contribution in [0.3, 0.4) is 0 Å². The van der Waals surface area contributed by atoms with Gasteiger partial charge < -0.3 is 14.1 Å². The molecule has 3 aromatic heterocycles. The third-order valence-corrected chi connectivity index (χ3v) is 2.81. The van der Waals surface area contributed by atoms with E-state index in [0.29, 0.717) is 12.1 Å². The number of nitrogens with zero attached hydrogens (tertiary/aromatic N) is 2. The number of pyridine rings is 1. The molecule has 0 saturated heterocycles. The molecule has 6 nitrogen and oxygen atoms in total. The lowest BCUT2D eigenvalue weighted by atomic mass is 10.3. The normalized spacial score (nSPS) is 10.6. The Hall–Kier alpha value is -2.89. The topological polar surface area (TPSA) is 76.6 Å². The van der Waals surface area contributed by atoms with Crippen molar-refractivity contribution in [3.63, 3.8) is 0 Å². The molecule has 3 rings (SSSR count). The van der Waals surface area contributed by atoms with Gasteiger partial charge in [-0.05, 0) is 18.2 Å². The molecular weight excluding hydrogens is 258 g/mol. The van der Waals surface area contributed by atoms with Crippen LogP contribution >= 0.6 is 0 Å². The zero-order valence-corrected chi connectivity index (χ0v) is 10.4. The van der Waals surface area contributed by atoms with Gasteiger partial charge in [-0.1, -0.05) is 6.07 Å². The Labute approximate surface area is 113 Å². The average molecular weight is 269 g/mol. The van der Waals surface area contributed by atoms with Crippen LogP contribution in [-0.2, 0) is 6.54 Å². The van der Waals surface area contributed by atoms with Crippen LogP contribution in [0.15, 0.2) is 58.2 Å². The van der Waals surface area contributed by atoms with E-state index in [1.807, 2.05) is 35.0 Å². The fourth-order valence-corrected chi connectivity index (χ4v) is 1.83. The Morgan fingerprint density at radius 1 is 1.30 bits per heavy atom. The number of carbonyl (C=O) groups excluding carboxylic acids is 1. The van der Waals surface area contributed by atoms with Crippen LogP contribution in [0.5, 0.6) is 0 Å². The van der Waals surface area contributed by atoms with E-state index in [1.165, 1.54) is 12.1 Å². The van der Waals surface area contributed by atoms with Gasteiger partial charge in [-0.25, -0.2) is 9.78 Å². The second kappa shape index (κ2) is 5.00. The average Bonchev–Trinajstić information content (AvgIpc) is 2.88. The molecular formula is C14H11N3O3. The minimum absolute atomic E-state index is 0.299. The molecule has 0 unspecified atom stereocenters. The number of hydrogen-bond acceptors (Lipinski definition) is 4. The van der Waals surface area contributed by atoms with E-state index in [2.05, 4.69) is 14.7 Å². The van der Waals surface area contributed by atoms with Crippen LogP contribution in [-0.4, -0.2) is 15.3 Å². The maximum atomic E-state index is 11.8. The van der Waals surface area contributed by atoms with Gasteiger partial charge in [-0.15, -0.1) is 0 Å². The highest BCUT2D eigenvalue weighted by Crippen LogP contribution is 2.04. The van der Waals surface area contributed by atoms with E-state index in [0.717, 1.165) is 17.6 Å². The fourth-order valence-electron chi connectivity index (χ4n) is 1.83. The molecule has 0 spiro atoms. The highest BCUT2D eigenvalue weighted by Gasteiger charge is 2.07. The fraction of sp³-hybridized carbons (Fsp3) is 0.0714. The summed E-state index contributed by atoms with van der Waals surface area (Å²) < 4.78 is 6.52. The Morgan fingerprint density at radius 2 is 2.20 bits per heavy atom. The number of aromatic nitrogens is 2. The second-order valence-electron chi connectivity index (χ2n) is 4.22. The van der Waals surface area contributed by atoms with E-state index in [-0.39, 0.29) is 5.91 Å². The van der Waals surface area contributed by atoms with Crippen LogP contribution in [0.25, 0.3) is 5.65 Å². The van der Waals surface area contributed by atoms with Crippen molar-refractivity contribution in [2.24, 2.45) is 0 Å². The van der Waals surface area contributed by atoms with Gasteiger partial charge in [0.05, 0.1) is 17.8 Å². The van der Waals surface area contributed by atoms with E-state index in [1.54, 1.807) is 0 Å². The van der Waals surface area contributed by atoms with Gasteiger partial charge in [0.25, 0.3) is 5.91 Å². The molecule has 0 aliphatic carbocycles. The minimum atomic E-state index is -0.484. The van der Waals surface area contributed by atoms with Gasteiger partial charge in [0.2, 0.25) is 0 Å². The van der Waals surface area contributed by atoms with E-state index < -0.39 is 5.63 Å². The number of carbonyl (C=O) groups is 1. The molecule has 0 aliphatic rings. The molecule has 3 aromatic rings. The Morgan fingerprint density at radius 3 is 2.95 bits per heavy atom. The monoisotopic (exact) mass is 269 g/mol. The van der Waals surface area contributed by atoms with Gasteiger partial charge in [0, 0.05) is 18.5 Å². The predicted molar refractivity (Wildman–Crippen MR) is 71.3 cm³/mol. The first-order valence-electron chi connectivity index (χ1n) is 6.02. The molecule has 0 saturated carbocycles. The largest absolute Gasteiger partial charge is 0.430 e. The second-order valence-corrected chi connectivity index (χ2v) is 4.22. The number of fused-ring (bicyclic) bond motifs is 1. The summed E-state index contributed by atoms with van der Waals surface area (Å²) in [4.78, 5) is 27.0. The number of imidazole rings is 1. The first kappa shape index (κ1) is 12.2. The lowest BCUT2D eigenvalue weighted by molar-refractivity contribution is 0.0948. The van der Waals surface area contributed by atoms with Crippen LogP contribution < -0.4 is 10.9 Å². The Balaban J connectivity index is 1.71. The number of amides is 1. The third-order valence-electron chi connectivity index (χ3n) is 2.81. The molecule has 1 amide bonds. The molecule has 0 atom stereocenters. The molecule has 100 valence electrons. The Kier molecular flexibility index (Phi) is 3.04. The maximum Gasteiger partial charge on any atom is 0.335 e. The predicted octanol–water partition coefficient (Wildman–Crippen LogP) is 1.22. The van der Waals surface area contributed by atoms with Crippen molar-refractivity contribution < 1.29 is 9.21 Å². The minimum Gasteiger partial charge on any atom is -0.430 e. The maximum absolute atomic E-state index is 11.8. The summed E-state index contributed by atoms with van der Waals surface area (Å²) in [6, 6.07) is 8.32. The van der Waals surface area contributed by atoms with Gasteiger partial charge in [0.1, 0.15) is 11.9 Å². The first-order valence-corrected chi connectivity index (χ1v) is 6.02. The summed E-state index contributed by atoms with van der Waals surface area (Å²) in [7, 11) is 0. The van der Waals surface area contributed by atoms with Crippen molar-refractivity contribution in [3.05, 3.63) is 70.7 Å². The standard InChI is InChI=1S/C14H11N3O3/c18-13-5-4-10(9-20-13)14(19)15-7-11-8-17-6-2-1-3-12(17)16-11/h1-6,8-9H,7H2,(H,15,19). The van der Waals surface area contributed by atoms with E-state index in [4.69, 9.17) is 0 Å². The first-order chi connectivity index (χ1) is 9.72. The number of rotatable bonds is 3. The van der Waals surface area contributed by atoms with E-state index in [9.17, 15) is 9.59 Å². The summed E-state index contributed by atoms with van der Waals surface area (Å²) in [6.07, 6.45) is 4.88. The van der Waals surface area contributed by atoms with Crippen molar-refractivity contribution in [3.8, 4) is 0 Å². The molecule has 0 radical (unpaired) electrons. The summed E-state index contributed by atoms with van der Waals surface area (Å²) >= 11 is 0. The van der Waals surface area contributed by atoms with Gasteiger partial charge in [0.15, 0.2) is 0 Å². The Bertz CT molecular complexity index is 766. The molecule has 0 aromatic carbocycles. The molecule has 0 fully saturated rings. The SMILES string of the molecule is O=C(NCc1cn2ccccc2n1)c1ccc(=O)oc1. The van der Waals surface area contributed by atoms with Gasteiger partial charge >= 0.3 is 5.63 Å². The van der Waals surface area contributed by atoms with Crippen molar-refractivity contribution >= 4 is 11.6 Å². The summed E-state index contributed by atoms with van der Waals surface area (Å²) in [5, 5.41) is 2.72. The quantitative estimate of drug-likeness (QED) is 0.775. The van der Waals surface area contributed by atoms with E-state index >= 15 is 0 Å². The summed E-state index contributed by atoms with van der Waals surface area (Å²) in [5.41, 5.74) is 1.39. The van der Waals surface area contributed by atoms with Crippen LogP contribution in [0.4, 0.5) is 0 Å². The van der Waals surface area contributed by atoms with Crippen molar-refractivity contribution in [2.75, 3.05) is 0 Å². The summed E-state index contributed by atoms with van der Waals surface area (Å²) in [6.45, 7) is 0.305. The highest BCUT2D eigenvalue weighted by molar-refractivity contribution is 5.93. The summed E-state index contributed by atoms with van der Waals surface area (Å²) in [5.74, 6) is -0.314. The van der Waals surface area contributed by atoms with Gasteiger partial charge in [-0.2, -0.15) is 0 Å². The van der Waals surface area contributed by atoms with Gasteiger partial charge in [-0.3, -0.25) is 4.79 Å².